The van der Waals surface area contributed by atoms with Gasteiger partial charge in [-0.05, 0) is 37.0 Å². The van der Waals surface area contributed by atoms with Gasteiger partial charge in [0.25, 0.3) is 10.2 Å². The Labute approximate surface area is 127 Å². The number of hydrogen-bond acceptors (Lipinski definition) is 3. The van der Waals surface area contributed by atoms with Gasteiger partial charge in [0, 0.05) is 19.6 Å². The molecular formula is C14H26N2O4S. The molecule has 0 bridgehead atoms. The Bertz CT molecular complexity index is 483. The van der Waals surface area contributed by atoms with Gasteiger partial charge in [0.05, 0.1) is 0 Å². The molecule has 0 aromatic rings. The predicted molar refractivity (Wildman–Crippen MR) is 80.0 cm³/mol. The molecular weight excluding hydrogens is 292 g/mol. The Morgan fingerprint density at radius 2 is 1.62 bits per heavy atom. The van der Waals surface area contributed by atoms with E-state index in [2.05, 4.69) is 0 Å². The van der Waals surface area contributed by atoms with E-state index in [9.17, 15) is 18.3 Å². The minimum absolute atomic E-state index is 0.247. The maximum atomic E-state index is 12.8. The van der Waals surface area contributed by atoms with Crippen LogP contribution in [-0.2, 0) is 15.0 Å². The second-order valence-corrected chi connectivity index (χ2v) is 8.75. The van der Waals surface area contributed by atoms with Gasteiger partial charge in [-0.15, -0.1) is 0 Å². The highest BCUT2D eigenvalue weighted by atomic mass is 32.2. The van der Waals surface area contributed by atoms with Gasteiger partial charge in [0.2, 0.25) is 0 Å². The van der Waals surface area contributed by atoms with E-state index in [4.69, 9.17) is 0 Å². The molecule has 2 heterocycles. The fourth-order valence-electron chi connectivity index (χ4n) is 3.56. The third-order valence-electron chi connectivity index (χ3n) is 4.56. The number of nitrogens with zero attached hydrogens (tertiary/aromatic N) is 2. The van der Waals surface area contributed by atoms with Crippen LogP contribution >= 0.6 is 0 Å². The summed E-state index contributed by atoms with van der Waals surface area (Å²) in [5.41, 5.74) is 0. The van der Waals surface area contributed by atoms with Crippen molar-refractivity contribution in [1.29, 1.82) is 0 Å². The Morgan fingerprint density at radius 1 is 1.05 bits per heavy atom. The summed E-state index contributed by atoms with van der Waals surface area (Å²) in [5, 5.41) is 9.37. The average Bonchev–Trinajstić information content (AvgIpc) is 2.37. The van der Waals surface area contributed by atoms with E-state index < -0.39 is 22.2 Å². The number of carboxylic acid groups (broad SMARTS) is 1. The number of carbonyl (C=O) groups is 1. The van der Waals surface area contributed by atoms with Gasteiger partial charge in [-0.1, -0.05) is 20.8 Å². The minimum atomic E-state index is -3.68. The third kappa shape index (κ3) is 3.57. The number of hydrogen-bond donors (Lipinski definition) is 1. The molecule has 0 aromatic heterocycles. The van der Waals surface area contributed by atoms with Crippen LogP contribution < -0.4 is 0 Å². The molecule has 7 heteroatoms. The molecule has 0 spiro atoms. The summed E-state index contributed by atoms with van der Waals surface area (Å²) in [4.78, 5) is 11.4. The highest BCUT2D eigenvalue weighted by Gasteiger charge is 2.43. The summed E-state index contributed by atoms with van der Waals surface area (Å²) in [7, 11) is -3.68. The largest absolute Gasteiger partial charge is 0.480 e. The quantitative estimate of drug-likeness (QED) is 0.853. The van der Waals surface area contributed by atoms with Crippen LogP contribution in [-0.4, -0.2) is 53.8 Å². The Kier molecular flexibility index (Phi) is 4.95. The Hall–Kier alpha value is -0.660. The van der Waals surface area contributed by atoms with Crippen molar-refractivity contribution >= 4 is 16.2 Å². The van der Waals surface area contributed by atoms with Crippen LogP contribution in [0.2, 0.25) is 0 Å². The van der Waals surface area contributed by atoms with Gasteiger partial charge in [-0.25, -0.2) is 0 Å². The predicted octanol–water partition coefficient (Wildman–Crippen LogP) is 1.39. The van der Waals surface area contributed by atoms with Gasteiger partial charge < -0.3 is 5.11 Å². The van der Waals surface area contributed by atoms with Gasteiger partial charge in [-0.3, -0.25) is 4.79 Å². The fourth-order valence-corrected chi connectivity index (χ4v) is 5.58. The zero-order chi connectivity index (χ0) is 15.8. The number of carboxylic acids is 1. The average molecular weight is 318 g/mol. The lowest BCUT2D eigenvalue weighted by Gasteiger charge is -2.41. The van der Waals surface area contributed by atoms with E-state index in [0.29, 0.717) is 37.9 Å². The molecule has 2 aliphatic rings. The molecule has 1 N–H and O–H groups in total. The molecule has 2 rings (SSSR count). The second-order valence-electron chi connectivity index (χ2n) is 6.87. The summed E-state index contributed by atoms with van der Waals surface area (Å²) >= 11 is 0. The number of rotatable bonds is 3. The molecule has 0 amide bonds. The molecule has 4 atom stereocenters. The fraction of sp³-hybridized carbons (Fsp3) is 0.929. The number of piperidine rings is 2. The van der Waals surface area contributed by atoms with Gasteiger partial charge in [-0.2, -0.15) is 17.0 Å². The first-order valence-corrected chi connectivity index (χ1v) is 9.11. The molecule has 2 aliphatic heterocycles. The van der Waals surface area contributed by atoms with Gasteiger partial charge in [0.15, 0.2) is 0 Å². The van der Waals surface area contributed by atoms with E-state index in [1.165, 1.54) is 8.61 Å². The second kappa shape index (κ2) is 6.22. The van der Waals surface area contributed by atoms with Gasteiger partial charge in [0.1, 0.15) is 6.04 Å². The van der Waals surface area contributed by atoms with Crippen molar-refractivity contribution in [1.82, 2.24) is 8.61 Å². The van der Waals surface area contributed by atoms with Crippen molar-refractivity contribution < 1.29 is 18.3 Å². The molecule has 2 saturated heterocycles. The highest BCUT2D eigenvalue weighted by Crippen LogP contribution is 2.30. The lowest BCUT2D eigenvalue weighted by Crippen LogP contribution is -2.56. The van der Waals surface area contributed by atoms with Crippen molar-refractivity contribution in [3.8, 4) is 0 Å². The van der Waals surface area contributed by atoms with Crippen LogP contribution in [0.5, 0.6) is 0 Å². The molecule has 4 unspecified atom stereocenters. The standard InChI is InChI=1S/C14H26N2O4S/c1-10-4-5-16(13(7-10)14(17)18)21(19,20)15-8-11(2)6-12(3)9-15/h10-13H,4-9H2,1-3H3,(H,17,18). The van der Waals surface area contributed by atoms with Gasteiger partial charge >= 0.3 is 5.97 Å². The molecule has 0 radical (unpaired) electrons. The van der Waals surface area contributed by atoms with Crippen molar-refractivity contribution in [3.05, 3.63) is 0 Å². The normalized spacial score (nSPS) is 36.5. The topological polar surface area (TPSA) is 77.9 Å². The van der Waals surface area contributed by atoms with E-state index in [1.807, 2.05) is 20.8 Å². The van der Waals surface area contributed by atoms with Crippen LogP contribution in [0.15, 0.2) is 0 Å². The third-order valence-corrected chi connectivity index (χ3v) is 6.54. The lowest BCUT2D eigenvalue weighted by atomic mass is 9.94. The summed E-state index contributed by atoms with van der Waals surface area (Å²) in [6.45, 7) is 7.36. The molecule has 0 aliphatic carbocycles. The molecule has 2 fully saturated rings. The summed E-state index contributed by atoms with van der Waals surface area (Å²) in [6.07, 6.45) is 2.14. The van der Waals surface area contributed by atoms with Crippen molar-refractivity contribution in [2.24, 2.45) is 17.8 Å². The summed E-state index contributed by atoms with van der Waals surface area (Å²) in [5.74, 6) is -0.161. The maximum Gasteiger partial charge on any atom is 0.322 e. The van der Waals surface area contributed by atoms with E-state index in [1.54, 1.807) is 0 Å². The summed E-state index contributed by atoms with van der Waals surface area (Å²) in [6, 6.07) is -0.925. The van der Waals surface area contributed by atoms with E-state index in [0.717, 1.165) is 12.8 Å². The Morgan fingerprint density at radius 3 is 2.14 bits per heavy atom. The molecule has 6 nitrogen and oxygen atoms in total. The zero-order valence-corrected chi connectivity index (χ0v) is 13.8. The van der Waals surface area contributed by atoms with Crippen LogP contribution in [0.1, 0.15) is 40.0 Å². The Balaban J connectivity index is 2.22. The van der Waals surface area contributed by atoms with Crippen LogP contribution in [0.4, 0.5) is 0 Å². The monoisotopic (exact) mass is 318 g/mol. The first-order chi connectivity index (χ1) is 9.71. The molecule has 21 heavy (non-hydrogen) atoms. The zero-order valence-electron chi connectivity index (χ0n) is 13.0. The van der Waals surface area contributed by atoms with Crippen molar-refractivity contribution in [2.45, 2.75) is 46.1 Å². The molecule has 0 saturated carbocycles. The van der Waals surface area contributed by atoms with E-state index >= 15 is 0 Å². The maximum absolute atomic E-state index is 12.8. The smallest absolute Gasteiger partial charge is 0.322 e. The van der Waals surface area contributed by atoms with Crippen LogP contribution in [0.3, 0.4) is 0 Å². The first kappa shape index (κ1) is 16.7. The first-order valence-electron chi connectivity index (χ1n) is 7.71. The SMILES string of the molecule is CC1CCN(S(=O)(=O)N2CC(C)CC(C)C2)C(C(=O)O)C1. The minimum Gasteiger partial charge on any atom is -0.480 e. The van der Waals surface area contributed by atoms with Crippen molar-refractivity contribution in [3.63, 3.8) is 0 Å². The van der Waals surface area contributed by atoms with Crippen LogP contribution in [0, 0.1) is 17.8 Å². The van der Waals surface area contributed by atoms with Crippen molar-refractivity contribution in [2.75, 3.05) is 19.6 Å². The lowest BCUT2D eigenvalue weighted by molar-refractivity contribution is -0.143. The highest BCUT2D eigenvalue weighted by molar-refractivity contribution is 7.86. The molecule has 122 valence electrons. The van der Waals surface area contributed by atoms with Crippen LogP contribution in [0.25, 0.3) is 0 Å². The summed E-state index contributed by atoms with van der Waals surface area (Å²) < 4.78 is 28.4. The number of aliphatic carboxylic acids is 1. The molecule has 0 aromatic carbocycles. The van der Waals surface area contributed by atoms with E-state index in [-0.39, 0.29) is 5.92 Å².